The zero-order valence-electron chi connectivity index (χ0n) is 10.4. The summed E-state index contributed by atoms with van der Waals surface area (Å²) in [5.41, 5.74) is 0.262. The Balaban J connectivity index is 2.11. The van der Waals surface area contributed by atoms with E-state index in [4.69, 9.17) is 0 Å². The summed E-state index contributed by atoms with van der Waals surface area (Å²) in [6.45, 7) is 3.10. The summed E-state index contributed by atoms with van der Waals surface area (Å²) in [7, 11) is 2.08. The molecule has 0 radical (unpaired) electrons. The third-order valence-electron chi connectivity index (χ3n) is 3.87. The smallest absolute Gasteiger partial charge is 0.134 e. The van der Waals surface area contributed by atoms with Crippen LogP contribution in [0.2, 0.25) is 0 Å². The van der Waals surface area contributed by atoms with Crippen LogP contribution in [-0.4, -0.2) is 27.4 Å². The van der Waals surface area contributed by atoms with Gasteiger partial charge in [-0.15, -0.1) is 10.2 Å². The van der Waals surface area contributed by atoms with Crippen LogP contribution in [0.15, 0.2) is 6.33 Å². The van der Waals surface area contributed by atoms with Crippen molar-refractivity contribution in [3.05, 3.63) is 12.2 Å². The molecule has 1 saturated carbocycles. The van der Waals surface area contributed by atoms with E-state index < -0.39 is 0 Å². The van der Waals surface area contributed by atoms with Gasteiger partial charge in [0.25, 0.3) is 0 Å². The molecule has 0 spiro atoms. The van der Waals surface area contributed by atoms with Crippen molar-refractivity contribution in [1.82, 2.24) is 20.1 Å². The second-order valence-corrected chi connectivity index (χ2v) is 4.80. The van der Waals surface area contributed by atoms with Crippen LogP contribution in [0.4, 0.5) is 0 Å². The van der Waals surface area contributed by atoms with Gasteiger partial charge < -0.3 is 9.88 Å². The van der Waals surface area contributed by atoms with Crippen molar-refractivity contribution in [3.8, 4) is 0 Å². The lowest BCUT2D eigenvalue weighted by Gasteiger charge is -2.36. The third kappa shape index (κ3) is 2.26. The van der Waals surface area contributed by atoms with E-state index in [-0.39, 0.29) is 5.54 Å². The Morgan fingerprint density at radius 2 is 2.12 bits per heavy atom. The first-order valence-electron chi connectivity index (χ1n) is 6.35. The third-order valence-corrected chi connectivity index (χ3v) is 3.87. The van der Waals surface area contributed by atoms with Crippen molar-refractivity contribution >= 4 is 0 Å². The molecule has 1 aromatic heterocycles. The molecule has 1 aliphatic carbocycles. The molecule has 1 fully saturated rings. The van der Waals surface area contributed by atoms with Crippen LogP contribution < -0.4 is 5.32 Å². The number of nitrogens with zero attached hydrogens (tertiary/aromatic N) is 3. The van der Waals surface area contributed by atoms with Gasteiger partial charge in [-0.1, -0.05) is 19.3 Å². The fourth-order valence-corrected chi connectivity index (χ4v) is 2.73. The fraction of sp³-hybridized carbons (Fsp3) is 0.833. The monoisotopic (exact) mass is 222 g/mol. The molecule has 0 saturated heterocycles. The molecule has 2 rings (SSSR count). The van der Waals surface area contributed by atoms with E-state index in [1.807, 2.05) is 6.33 Å². The van der Waals surface area contributed by atoms with Crippen molar-refractivity contribution in [2.75, 3.05) is 7.05 Å². The lowest BCUT2D eigenvalue weighted by molar-refractivity contribution is 0.238. The first kappa shape index (κ1) is 11.6. The molecule has 1 aliphatic rings. The van der Waals surface area contributed by atoms with Crippen LogP contribution >= 0.6 is 0 Å². The van der Waals surface area contributed by atoms with E-state index >= 15 is 0 Å². The number of rotatable bonds is 4. The standard InChI is InChI=1S/C12H22N4/c1-3-16-10-14-15-11(16)9-12(13-2)7-5-4-6-8-12/h10,13H,3-9H2,1-2H3. The summed E-state index contributed by atoms with van der Waals surface area (Å²) in [5.74, 6) is 1.12. The summed E-state index contributed by atoms with van der Waals surface area (Å²) in [5, 5.41) is 11.8. The van der Waals surface area contributed by atoms with Crippen LogP contribution in [0.5, 0.6) is 0 Å². The molecule has 4 nitrogen and oxygen atoms in total. The Morgan fingerprint density at radius 1 is 1.38 bits per heavy atom. The van der Waals surface area contributed by atoms with E-state index in [1.165, 1.54) is 32.1 Å². The normalized spacial score (nSPS) is 19.9. The maximum atomic E-state index is 4.25. The quantitative estimate of drug-likeness (QED) is 0.844. The van der Waals surface area contributed by atoms with Gasteiger partial charge in [-0.25, -0.2) is 0 Å². The van der Waals surface area contributed by atoms with Gasteiger partial charge in [0.15, 0.2) is 0 Å². The van der Waals surface area contributed by atoms with Crippen molar-refractivity contribution in [2.24, 2.45) is 0 Å². The Bertz CT molecular complexity index is 326. The molecule has 0 unspecified atom stereocenters. The average Bonchev–Trinajstić information content (AvgIpc) is 2.77. The summed E-state index contributed by atoms with van der Waals surface area (Å²) in [6, 6.07) is 0. The predicted molar refractivity (Wildman–Crippen MR) is 64.3 cm³/mol. The molecule has 0 atom stereocenters. The molecule has 1 N–H and O–H groups in total. The van der Waals surface area contributed by atoms with Gasteiger partial charge in [-0.05, 0) is 26.8 Å². The molecule has 16 heavy (non-hydrogen) atoms. The fourth-order valence-electron chi connectivity index (χ4n) is 2.73. The van der Waals surface area contributed by atoms with Gasteiger partial charge in [0.1, 0.15) is 12.2 Å². The number of nitrogens with one attached hydrogen (secondary N) is 1. The summed E-state index contributed by atoms with van der Waals surface area (Å²) in [6.07, 6.45) is 9.42. The van der Waals surface area contributed by atoms with Crippen molar-refractivity contribution < 1.29 is 0 Å². The molecular weight excluding hydrogens is 200 g/mol. The van der Waals surface area contributed by atoms with Crippen LogP contribution in [-0.2, 0) is 13.0 Å². The zero-order chi connectivity index (χ0) is 11.4. The lowest BCUT2D eigenvalue weighted by atomic mass is 9.79. The number of likely N-dealkylation sites (N-methyl/N-ethyl adjacent to an activating group) is 1. The highest BCUT2D eigenvalue weighted by atomic mass is 15.3. The Labute approximate surface area is 97.5 Å². The number of hydrogen-bond acceptors (Lipinski definition) is 3. The van der Waals surface area contributed by atoms with Crippen LogP contribution in [0.1, 0.15) is 44.9 Å². The van der Waals surface area contributed by atoms with Gasteiger partial charge in [0, 0.05) is 18.5 Å². The molecule has 4 heteroatoms. The van der Waals surface area contributed by atoms with E-state index in [1.54, 1.807) is 0 Å². The van der Waals surface area contributed by atoms with Gasteiger partial charge in [0.2, 0.25) is 0 Å². The maximum absolute atomic E-state index is 4.25. The molecular formula is C12H22N4. The van der Waals surface area contributed by atoms with E-state index in [0.717, 1.165) is 18.8 Å². The summed E-state index contributed by atoms with van der Waals surface area (Å²) in [4.78, 5) is 0. The topological polar surface area (TPSA) is 42.7 Å². The largest absolute Gasteiger partial charge is 0.318 e. The second-order valence-electron chi connectivity index (χ2n) is 4.80. The van der Waals surface area contributed by atoms with Crippen molar-refractivity contribution in [2.45, 2.75) is 57.5 Å². The minimum absolute atomic E-state index is 0.262. The molecule has 0 amide bonds. The first-order chi connectivity index (χ1) is 7.79. The SMILES string of the molecule is CCn1cnnc1CC1(NC)CCCCC1. The molecule has 0 aliphatic heterocycles. The van der Waals surface area contributed by atoms with E-state index in [0.29, 0.717) is 0 Å². The lowest BCUT2D eigenvalue weighted by Crippen LogP contribution is -2.47. The predicted octanol–water partition coefficient (Wildman–Crippen LogP) is 1.76. The van der Waals surface area contributed by atoms with Crippen LogP contribution in [0, 0.1) is 0 Å². The van der Waals surface area contributed by atoms with Crippen LogP contribution in [0.3, 0.4) is 0 Å². The van der Waals surface area contributed by atoms with Crippen molar-refractivity contribution in [1.29, 1.82) is 0 Å². The highest BCUT2D eigenvalue weighted by molar-refractivity contribution is 5.00. The number of aryl methyl sites for hydroxylation is 1. The Kier molecular flexibility index (Phi) is 3.59. The number of aromatic nitrogens is 3. The molecule has 0 aromatic carbocycles. The van der Waals surface area contributed by atoms with Crippen LogP contribution in [0.25, 0.3) is 0 Å². The Hall–Kier alpha value is -0.900. The molecule has 1 aromatic rings. The zero-order valence-corrected chi connectivity index (χ0v) is 10.4. The van der Waals surface area contributed by atoms with E-state index in [9.17, 15) is 0 Å². The molecule has 0 bridgehead atoms. The van der Waals surface area contributed by atoms with E-state index in [2.05, 4.69) is 34.1 Å². The minimum atomic E-state index is 0.262. The summed E-state index contributed by atoms with van der Waals surface area (Å²) >= 11 is 0. The average molecular weight is 222 g/mol. The minimum Gasteiger partial charge on any atom is -0.318 e. The van der Waals surface area contributed by atoms with Gasteiger partial charge in [-0.2, -0.15) is 0 Å². The molecule has 90 valence electrons. The summed E-state index contributed by atoms with van der Waals surface area (Å²) < 4.78 is 2.15. The first-order valence-corrected chi connectivity index (χ1v) is 6.35. The highest BCUT2D eigenvalue weighted by Gasteiger charge is 2.31. The van der Waals surface area contributed by atoms with Crippen molar-refractivity contribution in [3.63, 3.8) is 0 Å². The molecule has 1 heterocycles. The Morgan fingerprint density at radius 3 is 2.75 bits per heavy atom. The highest BCUT2D eigenvalue weighted by Crippen LogP contribution is 2.30. The maximum Gasteiger partial charge on any atom is 0.134 e. The second kappa shape index (κ2) is 4.95. The number of hydrogen-bond donors (Lipinski definition) is 1. The van der Waals surface area contributed by atoms with Gasteiger partial charge in [-0.3, -0.25) is 0 Å². The van der Waals surface area contributed by atoms with Gasteiger partial charge >= 0.3 is 0 Å². The van der Waals surface area contributed by atoms with Gasteiger partial charge in [0.05, 0.1) is 0 Å².